The van der Waals surface area contributed by atoms with Crippen molar-refractivity contribution in [2.24, 2.45) is 0 Å². The van der Waals surface area contributed by atoms with Crippen molar-refractivity contribution in [3.05, 3.63) is 54.6 Å². The highest BCUT2D eigenvalue weighted by Crippen LogP contribution is 2.24. The van der Waals surface area contributed by atoms with Crippen molar-refractivity contribution in [2.75, 3.05) is 0 Å². The Morgan fingerprint density at radius 2 is 2.00 bits per heavy atom. The first kappa shape index (κ1) is 9.89. The van der Waals surface area contributed by atoms with Gasteiger partial charge >= 0.3 is 0 Å². The van der Waals surface area contributed by atoms with E-state index < -0.39 is 11.6 Å². The summed E-state index contributed by atoms with van der Waals surface area (Å²) in [6, 6.07) is 4.07. The predicted molar refractivity (Wildman–Crippen MR) is 58.3 cm³/mol. The fourth-order valence-corrected chi connectivity index (χ4v) is 1.74. The van der Waals surface area contributed by atoms with Crippen molar-refractivity contribution in [2.45, 2.75) is 0 Å². The van der Waals surface area contributed by atoms with E-state index in [9.17, 15) is 8.78 Å². The number of halogens is 2. The van der Waals surface area contributed by atoms with E-state index in [1.807, 2.05) is 0 Å². The summed E-state index contributed by atoms with van der Waals surface area (Å²) in [6.45, 7) is 0. The first-order valence-electron chi connectivity index (χ1n) is 4.99. The molecule has 3 aromatic rings. The number of rotatable bonds is 1. The van der Waals surface area contributed by atoms with Gasteiger partial charge < -0.3 is 0 Å². The Balaban J connectivity index is 2.31. The molecule has 0 aliphatic carbocycles. The lowest BCUT2D eigenvalue weighted by Crippen LogP contribution is -1.93. The predicted octanol–water partition coefficient (Wildman–Crippen LogP) is 2.67. The van der Waals surface area contributed by atoms with Gasteiger partial charge in [-0.25, -0.2) is 13.8 Å². The second kappa shape index (κ2) is 3.62. The Kier molecular flexibility index (Phi) is 2.11. The van der Waals surface area contributed by atoms with Crippen molar-refractivity contribution in [1.82, 2.24) is 14.4 Å². The van der Waals surface area contributed by atoms with Crippen LogP contribution in [-0.4, -0.2) is 14.4 Å². The third-order valence-corrected chi connectivity index (χ3v) is 2.54. The molecule has 2 aromatic heterocycles. The van der Waals surface area contributed by atoms with Crippen molar-refractivity contribution in [1.29, 1.82) is 0 Å². The standard InChI is InChI=1S/C12H7F2N3/c13-9-3-1-2-8(12(9)14)10-6-16-11-7-15-4-5-17(10)11/h1-7H. The zero-order valence-electron chi connectivity index (χ0n) is 8.64. The van der Waals surface area contributed by atoms with E-state index in [1.165, 1.54) is 18.3 Å². The first-order valence-corrected chi connectivity index (χ1v) is 4.99. The molecule has 0 aliphatic heterocycles. The van der Waals surface area contributed by atoms with E-state index in [2.05, 4.69) is 9.97 Å². The van der Waals surface area contributed by atoms with Crippen molar-refractivity contribution in [3.8, 4) is 11.3 Å². The Bertz CT molecular complexity index is 691. The number of nitrogens with zero attached hydrogens (tertiary/aromatic N) is 3. The molecule has 84 valence electrons. The molecule has 0 amide bonds. The van der Waals surface area contributed by atoms with Crippen LogP contribution in [0, 0.1) is 11.6 Å². The van der Waals surface area contributed by atoms with Gasteiger partial charge in [0.15, 0.2) is 17.3 Å². The van der Waals surface area contributed by atoms with Gasteiger partial charge in [-0.1, -0.05) is 6.07 Å². The molecule has 0 unspecified atom stereocenters. The third-order valence-electron chi connectivity index (χ3n) is 2.54. The number of hydrogen-bond donors (Lipinski definition) is 0. The number of imidazole rings is 1. The minimum atomic E-state index is -0.869. The topological polar surface area (TPSA) is 30.2 Å². The van der Waals surface area contributed by atoms with Crippen molar-refractivity contribution >= 4 is 5.65 Å². The summed E-state index contributed by atoms with van der Waals surface area (Å²) in [7, 11) is 0. The number of benzene rings is 1. The summed E-state index contributed by atoms with van der Waals surface area (Å²) in [5.74, 6) is -1.74. The summed E-state index contributed by atoms with van der Waals surface area (Å²) in [6.07, 6.45) is 6.27. The molecule has 0 bridgehead atoms. The molecule has 0 aliphatic rings. The molecule has 2 heterocycles. The highest BCUT2D eigenvalue weighted by atomic mass is 19.2. The molecule has 1 aromatic carbocycles. The molecule has 0 saturated carbocycles. The second-order valence-electron chi connectivity index (χ2n) is 3.55. The summed E-state index contributed by atoms with van der Waals surface area (Å²) >= 11 is 0. The number of hydrogen-bond acceptors (Lipinski definition) is 2. The minimum Gasteiger partial charge on any atom is -0.297 e. The second-order valence-corrected chi connectivity index (χ2v) is 3.55. The zero-order valence-corrected chi connectivity index (χ0v) is 8.64. The van der Waals surface area contributed by atoms with Crippen LogP contribution in [0.4, 0.5) is 8.78 Å². The molecule has 3 nitrogen and oxygen atoms in total. The van der Waals surface area contributed by atoms with Crippen LogP contribution >= 0.6 is 0 Å². The quantitative estimate of drug-likeness (QED) is 0.644. The highest BCUT2D eigenvalue weighted by molar-refractivity contribution is 5.63. The molecule has 0 atom stereocenters. The number of aromatic nitrogens is 3. The third kappa shape index (κ3) is 1.47. The van der Waals surface area contributed by atoms with Gasteiger partial charge in [0.1, 0.15) is 0 Å². The van der Waals surface area contributed by atoms with Gasteiger partial charge in [-0.2, -0.15) is 0 Å². The molecule has 3 rings (SSSR count). The SMILES string of the molecule is Fc1cccc(-c2cnc3cnccn23)c1F. The van der Waals surface area contributed by atoms with E-state index in [-0.39, 0.29) is 5.56 Å². The maximum absolute atomic E-state index is 13.7. The van der Waals surface area contributed by atoms with Gasteiger partial charge in [-0.05, 0) is 12.1 Å². The largest absolute Gasteiger partial charge is 0.297 e. The molecular formula is C12H7F2N3. The molecule has 0 fully saturated rings. The summed E-state index contributed by atoms with van der Waals surface area (Å²) in [4.78, 5) is 7.99. The van der Waals surface area contributed by atoms with Gasteiger partial charge in [-0.15, -0.1) is 0 Å². The molecular weight excluding hydrogens is 224 g/mol. The fourth-order valence-electron chi connectivity index (χ4n) is 1.74. The monoisotopic (exact) mass is 231 g/mol. The lowest BCUT2D eigenvalue weighted by Gasteiger charge is -2.03. The molecule has 0 N–H and O–H groups in total. The average Bonchev–Trinajstić information content (AvgIpc) is 2.77. The Morgan fingerprint density at radius 3 is 2.88 bits per heavy atom. The van der Waals surface area contributed by atoms with E-state index in [0.717, 1.165) is 6.07 Å². The minimum absolute atomic E-state index is 0.184. The highest BCUT2D eigenvalue weighted by Gasteiger charge is 2.13. The lowest BCUT2D eigenvalue weighted by atomic mass is 10.1. The van der Waals surface area contributed by atoms with Gasteiger partial charge in [-0.3, -0.25) is 9.38 Å². The van der Waals surface area contributed by atoms with E-state index in [4.69, 9.17) is 0 Å². The zero-order chi connectivity index (χ0) is 11.8. The van der Waals surface area contributed by atoms with Crippen LogP contribution in [0.2, 0.25) is 0 Å². The van der Waals surface area contributed by atoms with Gasteiger partial charge in [0.2, 0.25) is 0 Å². The van der Waals surface area contributed by atoms with Gasteiger partial charge in [0.05, 0.1) is 18.1 Å². The van der Waals surface area contributed by atoms with Gasteiger partial charge in [0.25, 0.3) is 0 Å². The lowest BCUT2D eigenvalue weighted by molar-refractivity contribution is 0.511. The van der Waals surface area contributed by atoms with Crippen LogP contribution in [-0.2, 0) is 0 Å². The van der Waals surface area contributed by atoms with Crippen LogP contribution in [0.1, 0.15) is 0 Å². The van der Waals surface area contributed by atoms with Crippen LogP contribution in [0.25, 0.3) is 16.9 Å². The summed E-state index contributed by atoms with van der Waals surface area (Å²) in [5, 5.41) is 0. The number of fused-ring (bicyclic) bond motifs is 1. The fraction of sp³-hybridized carbons (Fsp3) is 0. The summed E-state index contributed by atoms with van der Waals surface area (Å²) < 4.78 is 28.5. The van der Waals surface area contributed by atoms with Crippen LogP contribution in [0.3, 0.4) is 0 Å². The van der Waals surface area contributed by atoms with E-state index >= 15 is 0 Å². The Labute approximate surface area is 95.4 Å². The Morgan fingerprint density at radius 1 is 1.12 bits per heavy atom. The van der Waals surface area contributed by atoms with Crippen LogP contribution < -0.4 is 0 Å². The molecule has 0 saturated heterocycles. The normalized spacial score (nSPS) is 10.9. The average molecular weight is 231 g/mol. The smallest absolute Gasteiger partial charge is 0.168 e. The van der Waals surface area contributed by atoms with Crippen molar-refractivity contribution < 1.29 is 8.78 Å². The van der Waals surface area contributed by atoms with Crippen molar-refractivity contribution in [3.63, 3.8) is 0 Å². The summed E-state index contributed by atoms with van der Waals surface area (Å²) in [5.41, 5.74) is 1.27. The molecule has 0 spiro atoms. The maximum atomic E-state index is 13.7. The van der Waals surface area contributed by atoms with Gasteiger partial charge in [0, 0.05) is 18.0 Å². The molecule has 5 heteroatoms. The molecule has 17 heavy (non-hydrogen) atoms. The van der Waals surface area contributed by atoms with E-state index in [0.29, 0.717) is 11.3 Å². The first-order chi connectivity index (χ1) is 8.27. The van der Waals surface area contributed by atoms with E-state index in [1.54, 1.807) is 23.0 Å². The van der Waals surface area contributed by atoms with Crippen LogP contribution in [0.15, 0.2) is 43.0 Å². The van der Waals surface area contributed by atoms with Crippen LogP contribution in [0.5, 0.6) is 0 Å². The maximum Gasteiger partial charge on any atom is 0.168 e. The molecule has 0 radical (unpaired) electrons. The Hall–Kier alpha value is -2.30.